The van der Waals surface area contributed by atoms with E-state index in [9.17, 15) is 22.8 Å². The lowest BCUT2D eigenvalue weighted by atomic mass is 10.1. The molecule has 0 radical (unpaired) electrons. The molecule has 0 saturated carbocycles. The van der Waals surface area contributed by atoms with Crippen LogP contribution in [0.2, 0.25) is 0 Å². The van der Waals surface area contributed by atoms with Gasteiger partial charge in [0, 0.05) is 39.1 Å². The van der Waals surface area contributed by atoms with Crippen LogP contribution in [0.4, 0.5) is 13.2 Å². The summed E-state index contributed by atoms with van der Waals surface area (Å²) in [7, 11) is 0. The first kappa shape index (κ1) is 14.1. The minimum atomic E-state index is -4.41. The molecule has 0 aliphatic carbocycles. The third kappa shape index (κ3) is 3.59. The first-order valence-electron chi connectivity index (χ1n) is 6.21. The van der Waals surface area contributed by atoms with E-state index in [-0.39, 0.29) is 18.9 Å². The molecule has 1 atom stereocenters. The van der Waals surface area contributed by atoms with Gasteiger partial charge in [-0.1, -0.05) is 0 Å². The number of piperazine rings is 1. The fourth-order valence-electron chi connectivity index (χ4n) is 2.45. The van der Waals surface area contributed by atoms with Gasteiger partial charge in [0.25, 0.3) is 0 Å². The lowest BCUT2D eigenvalue weighted by Gasteiger charge is -2.29. The molecule has 2 aliphatic heterocycles. The second-order valence-corrected chi connectivity index (χ2v) is 4.87. The number of halogens is 3. The molecular weight excluding hydrogens is 263 g/mol. The third-order valence-electron chi connectivity index (χ3n) is 3.36. The van der Waals surface area contributed by atoms with Crippen molar-refractivity contribution in [1.29, 1.82) is 0 Å². The van der Waals surface area contributed by atoms with Crippen LogP contribution in [-0.2, 0) is 9.59 Å². The maximum Gasteiger partial charge on any atom is 0.406 e. The van der Waals surface area contributed by atoms with Crippen molar-refractivity contribution in [2.45, 2.75) is 12.6 Å². The number of alkyl halides is 3. The highest BCUT2D eigenvalue weighted by Crippen LogP contribution is 2.25. The quantitative estimate of drug-likeness (QED) is 0.763. The molecule has 0 aromatic rings. The van der Waals surface area contributed by atoms with Crippen molar-refractivity contribution in [3.63, 3.8) is 0 Å². The van der Waals surface area contributed by atoms with E-state index in [1.807, 2.05) is 0 Å². The summed E-state index contributed by atoms with van der Waals surface area (Å²) in [5, 5.41) is 3.09. The minimum absolute atomic E-state index is 0.112. The van der Waals surface area contributed by atoms with Crippen molar-refractivity contribution >= 4 is 11.8 Å². The molecule has 19 heavy (non-hydrogen) atoms. The van der Waals surface area contributed by atoms with Crippen LogP contribution in [-0.4, -0.2) is 67.1 Å². The van der Waals surface area contributed by atoms with E-state index in [1.54, 1.807) is 4.90 Å². The van der Waals surface area contributed by atoms with Crippen molar-refractivity contribution in [3.05, 3.63) is 0 Å². The number of nitrogens with zero attached hydrogens (tertiary/aromatic N) is 2. The first-order chi connectivity index (χ1) is 8.87. The van der Waals surface area contributed by atoms with E-state index >= 15 is 0 Å². The second kappa shape index (κ2) is 5.36. The Morgan fingerprint density at radius 1 is 1.32 bits per heavy atom. The zero-order chi connectivity index (χ0) is 14.0. The Labute approximate surface area is 108 Å². The van der Waals surface area contributed by atoms with Crippen molar-refractivity contribution in [2.24, 2.45) is 5.92 Å². The van der Waals surface area contributed by atoms with Crippen LogP contribution in [0, 0.1) is 5.92 Å². The number of carbonyl (C=O) groups is 2. The Hall–Kier alpha value is -1.31. The topological polar surface area (TPSA) is 52.7 Å². The second-order valence-electron chi connectivity index (χ2n) is 4.87. The SMILES string of the molecule is O=C1C[C@@H](C(=O)N2CCNCC2)CN1CC(F)(F)F. The summed E-state index contributed by atoms with van der Waals surface area (Å²) in [5.41, 5.74) is 0. The van der Waals surface area contributed by atoms with Gasteiger partial charge in [0.1, 0.15) is 6.54 Å². The molecule has 0 bridgehead atoms. The van der Waals surface area contributed by atoms with E-state index in [4.69, 9.17) is 0 Å². The first-order valence-corrected chi connectivity index (χ1v) is 6.21. The number of rotatable bonds is 2. The molecule has 2 fully saturated rings. The average Bonchev–Trinajstić information content (AvgIpc) is 2.69. The number of likely N-dealkylation sites (tertiary alicyclic amines) is 1. The molecule has 2 aliphatic rings. The summed E-state index contributed by atoms with van der Waals surface area (Å²) in [4.78, 5) is 25.9. The summed E-state index contributed by atoms with van der Waals surface area (Å²) < 4.78 is 36.8. The van der Waals surface area contributed by atoms with Gasteiger partial charge in [0.05, 0.1) is 5.92 Å². The van der Waals surface area contributed by atoms with Crippen molar-refractivity contribution < 1.29 is 22.8 Å². The van der Waals surface area contributed by atoms with Gasteiger partial charge in [0.15, 0.2) is 0 Å². The van der Waals surface area contributed by atoms with E-state index in [1.165, 1.54) is 0 Å². The minimum Gasteiger partial charge on any atom is -0.340 e. The fraction of sp³-hybridized carbons (Fsp3) is 0.818. The van der Waals surface area contributed by atoms with Gasteiger partial charge >= 0.3 is 6.18 Å². The summed E-state index contributed by atoms with van der Waals surface area (Å²) in [6.45, 7) is 1.06. The van der Waals surface area contributed by atoms with Crippen molar-refractivity contribution in [2.75, 3.05) is 39.3 Å². The van der Waals surface area contributed by atoms with Crippen LogP contribution in [0.5, 0.6) is 0 Å². The lowest BCUT2D eigenvalue weighted by Crippen LogP contribution is -2.48. The maximum atomic E-state index is 12.3. The summed E-state index contributed by atoms with van der Waals surface area (Å²) >= 11 is 0. The highest BCUT2D eigenvalue weighted by molar-refractivity contribution is 5.89. The van der Waals surface area contributed by atoms with Crippen LogP contribution >= 0.6 is 0 Å². The fourth-order valence-corrected chi connectivity index (χ4v) is 2.45. The predicted octanol–water partition coefficient (Wildman–Crippen LogP) is -0.171. The van der Waals surface area contributed by atoms with Crippen LogP contribution in [0.25, 0.3) is 0 Å². The molecule has 0 spiro atoms. The lowest BCUT2D eigenvalue weighted by molar-refractivity contribution is -0.157. The van der Waals surface area contributed by atoms with E-state index < -0.39 is 24.5 Å². The number of nitrogens with one attached hydrogen (secondary N) is 1. The monoisotopic (exact) mass is 279 g/mol. The van der Waals surface area contributed by atoms with Gasteiger partial charge < -0.3 is 15.1 Å². The van der Waals surface area contributed by atoms with E-state index in [0.29, 0.717) is 26.2 Å². The Bertz CT molecular complexity index is 367. The zero-order valence-corrected chi connectivity index (χ0v) is 10.4. The van der Waals surface area contributed by atoms with Crippen molar-refractivity contribution in [1.82, 2.24) is 15.1 Å². The standard InChI is InChI=1S/C11H16F3N3O2/c12-11(13,14)7-17-6-8(5-9(17)18)10(19)16-3-1-15-2-4-16/h8,15H,1-7H2/t8-/m1/s1. The largest absolute Gasteiger partial charge is 0.406 e. The third-order valence-corrected chi connectivity index (χ3v) is 3.36. The van der Waals surface area contributed by atoms with Crippen LogP contribution in [0.1, 0.15) is 6.42 Å². The average molecular weight is 279 g/mol. The van der Waals surface area contributed by atoms with Crippen LogP contribution in [0.3, 0.4) is 0 Å². The maximum absolute atomic E-state index is 12.3. The Kier molecular flexibility index (Phi) is 3.98. The molecule has 0 aromatic heterocycles. The van der Waals surface area contributed by atoms with Crippen LogP contribution < -0.4 is 5.32 Å². The van der Waals surface area contributed by atoms with Gasteiger partial charge in [-0.2, -0.15) is 13.2 Å². The van der Waals surface area contributed by atoms with Gasteiger partial charge in [-0.05, 0) is 0 Å². The molecule has 2 rings (SSSR count). The highest BCUT2D eigenvalue weighted by atomic mass is 19.4. The molecular formula is C11H16F3N3O2. The van der Waals surface area contributed by atoms with Gasteiger partial charge in [-0.3, -0.25) is 9.59 Å². The Morgan fingerprint density at radius 3 is 2.53 bits per heavy atom. The summed E-state index contributed by atoms with van der Waals surface area (Å²) in [5.74, 6) is -1.43. The number of amides is 2. The molecule has 5 nitrogen and oxygen atoms in total. The van der Waals surface area contributed by atoms with E-state index in [2.05, 4.69) is 5.32 Å². The van der Waals surface area contributed by atoms with E-state index in [0.717, 1.165) is 4.90 Å². The molecule has 108 valence electrons. The smallest absolute Gasteiger partial charge is 0.340 e. The molecule has 2 saturated heterocycles. The molecule has 2 heterocycles. The van der Waals surface area contributed by atoms with Gasteiger partial charge in [-0.25, -0.2) is 0 Å². The number of hydrogen-bond donors (Lipinski definition) is 1. The molecule has 1 N–H and O–H groups in total. The predicted molar refractivity (Wildman–Crippen MR) is 60.2 cm³/mol. The molecule has 0 aromatic carbocycles. The molecule has 2 amide bonds. The van der Waals surface area contributed by atoms with Gasteiger partial charge in [0.2, 0.25) is 11.8 Å². The molecule has 8 heteroatoms. The van der Waals surface area contributed by atoms with Crippen molar-refractivity contribution in [3.8, 4) is 0 Å². The summed E-state index contributed by atoms with van der Waals surface area (Å²) in [6.07, 6.45) is -4.53. The number of carbonyl (C=O) groups excluding carboxylic acids is 2. The highest BCUT2D eigenvalue weighted by Gasteiger charge is 2.41. The molecule has 0 unspecified atom stereocenters. The summed E-state index contributed by atoms with van der Waals surface area (Å²) in [6, 6.07) is 0. The Morgan fingerprint density at radius 2 is 1.95 bits per heavy atom. The number of hydrogen-bond acceptors (Lipinski definition) is 3. The zero-order valence-electron chi connectivity index (χ0n) is 10.4. The Balaban J connectivity index is 1.92. The van der Waals surface area contributed by atoms with Gasteiger partial charge in [-0.15, -0.1) is 0 Å². The van der Waals surface area contributed by atoms with Crippen LogP contribution in [0.15, 0.2) is 0 Å². The normalized spacial score (nSPS) is 25.0.